The number of hydrogen-bond acceptors (Lipinski definition) is 8. The van der Waals surface area contributed by atoms with Gasteiger partial charge in [0.15, 0.2) is 17.8 Å². The molecule has 10 heteroatoms. The van der Waals surface area contributed by atoms with Gasteiger partial charge in [-0.2, -0.15) is 0 Å². The number of aliphatic carboxylic acids is 1. The molecule has 2 fully saturated rings. The Balaban J connectivity index is 1.40. The zero-order valence-electron chi connectivity index (χ0n) is 23.7. The lowest BCUT2D eigenvalue weighted by Crippen LogP contribution is -2.44. The van der Waals surface area contributed by atoms with E-state index in [9.17, 15) is 14.7 Å². The second-order valence-corrected chi connectivity index (χ2v) is 11.0. The summed E-state index contributed by atoms with van der Waals surface area (Å²) >= 11 is 0. The van der Waals surface area contributed by atoms with Crippen molar-refractivity contribution in [1.82, 2.24) is 4.90 Å². The fourth-order valence-corrected chi connectivity index (χ4v) is 6.23. The summed E-state index contributed by atoms with van der Waals surface area (Å²) in [5, 5.41) is 10.5. The minimum atomic E-state index is -0.862. The molecule has 0 aromatic heterocycles. The second-order valence-electron chi connectivity index (χ2n) is 11.0. The summed E-state index contributed by atoms with van der Waals surface area (Å²) in [5.74, 6) is -0.611. The van der Waals surface area contributed by atoms with Gasteiger partial charge < -0.3 is 34.7 Å². The maximum atomic E-state index is 13.9. The van der Waals surface area contributed by atoms with Crippen molar-refractivity contribution in [2.24, 2.45) is 11.7 Å². The number of carboxylic acid groups (broad SMARTS) is 1. The molecule has 222 valence electrons. The van der Waals surface area contributed by atoms with Gasteiger partial charge in [-0.3, -0.25) is 14.5 Å². The zero-order chi connectivity index (χ0) is 28.8. The van der Waals surface area contributed by atoms with Crippen LogP contribution < -0.4 is 20.1 Å². The normalized spacial score (nSPS) is 22.3. The minimum Gasteiger partial charge on any atom is -0.481 e. The van der Waals surface area contributed by atoms with Crippen LogP contribution in [0.2, 0.25) is 0 Å². The van der Waals surface area contributed by atoms with Gasteiger partial charge >= 0.3 is 5.97 Å². The number of carboxylic acids is 1. The predicted molar refractivity (Wildman–Crippen MR) is 153 cm³/mol. The number of likely N-dealkylation sites (tertiary alicyclic amines) is 1. The highest BCUT2D eigenvalue weighted by molar-refractivity contribution is 5.95. The van der Waals surface area contributed by atoms with Crippen LogP contribution in [0.5, 0.6) is 11.5 Å². The highest BCUT2D eigenvalue weighted by atomic mass is 16.7. The summed E-state index contributed by atoms with van der Waals surface area (Å²) < 4.78 is 22.3. The molecule has 3 atom stereocenters. The number of nitrogens with two attached hydrogens (primary N) is 1. The topological polar surface area (TPSA) is 124 Å². The Morgan fingerprint density at radius 3 is 2.61 bits per heavy atom. The van der Waals surface area contributed by atoms with Crippen molar-refractivity contribution in [3.8, 4) is 11.5 Å². The van der Waals surface area contributed by atoms with Crippen LogP contribution in [0, 0.1) is 5.92 Å². The number of anilines is 1. The van der Waals surface area contributed by atoms with Crippen LogP contribution in [0.25, 0.3) is 0 Å². The third-order valence-electron chi connectivity index (χ3n) is 8.32. The van der Waals surface area contributed by atoms with Crippen LogP contribution in [0.4, 0.5) is 5.69 Å². The third-order valence-corrected chi connectivity index (χ3v) is 8.32. The van der Waals surface area contributed by atoms with Gasteiger partial charge in [0.1, 0.15) is 0 Å². The summed E-state index contributed by atoms with van der Waals surface area (Å²) in [6.07, 6.45) is 3.60. The van der Waals surface area contributed by atoms with Gasteiger partial charge in [-0.05, 0) is 61.1 Å². The Morgan fingerprint density at radius 2 is 1.85 bits per heavy atom. The molecular weight excluding hydrogens is 526 g/mol. The largest absolute Gasteiger partial charge is 0.481 e. The van der Waals surface area contributed by atoms with Gasteiger partial charge in [-0.15, -0.1) is 0 Å². The molecule has 0 bridgehead atoms. The van der Waals surface area contributed by atoms with Gasteiger partial charge in [0.2, 0.25) is 12.7 Å². The lowest BCUT2D eigenvalue weighted by molar-refractivity contribution is -0.143. The SMILES string of the molecule is CCCCN(C(=O)CN1C[C@H](c2ccc3c(c2)OCO3)[C@@H](C(=O)O)[C@@H]1CCCC1OCCO1)c1cccc(CN)c1. The molecule has 5 rings (SSSR count). The highest BCUT2D eigenvalue weighted by Crippen LogP contribution is 2.43. The van der Waals surface area contributed by atoms with Crippen molar-refractivity contribution in [3.05, 3.63) is 53.6 Å². The maximum Gasteiger partial charge on any atom is 0.308 e. The molecule has 1 amide bonds. The monoisotopic (exact) mass is 567 g/mol. The fraction of sp³-hybridized carbons (Fsp3) is 0.548. The molecule has 0 spiro atoms. The van der Waals surface area contributed by atoms with Crippen LogP contribution in [0.15, 0.2) is 42.5 Å². The van der Waals surface area contributed by atoms with E-state index in [1.165, 1.54) is 0 Å². The van der Waals surface area contributed by atoms with Crippen molar-refractivity contribution in [2.45, 2.75) is 63.8 Å². The number of benzene rings is 2. The number of unbranched alkanes of at least 4 members (excludes halogenated alkanes) is 1. The molecule has 0 aliphatic carbocycles. The van der Waals surface area contributed by atoms with Crippen LogP contribution in [0.3, 0.4) is 0 Å². The summed E-state index contributed by atoms with van der Waals surface area (Å²) in [4.78, 5) is 30.6. The first-order valence-corrected chi connectivity index (χ1v) is 14.7. The van der Waals surface area contributed by atoms with E-state index in [2.05, 4.69) is 11.8 Å². The first-order chi connectivity index (χ1) is 20.0. The number of carbonyl (C=O) groups is 2. The Kier molecular flexibility index (Phi) is 9.76. The molecule has 3 aliphatic rings. The summed E-state index contributed by atoms with van der Waals surface area (Å²) in [6.45, 7) is 4.97. The number of ether oxygens (including phenoxy) is 4. The fourth-order valence-electron chi connectivity index (χ4n) is 6.23. The maximum absolute atomic E-state index is 13.9. The Bertz CT molecular complexity index is 1200. The van der Waals surface area contributed by atoms with Gasteiger partial charge in [-0.25, -0.2) is 0 Å². The number of carbonyl (C=O) groups excluding carboxylic acids is 1. The summed E-state index contributed by atoms with van der Waals surface area (Å²) in [6, 6.07) is 13.1. The number of rotatable bonds is 13. The Morgan fingerprint density at radius 1 is 1.05 bits per heavy atom. The van der Waals surface area contributed by atoms with Crippen LogP contribution in [-0.2, 0) is 25.6 Å². The van der Waals surface area contributed by atoms with E-state index in [-0.39, 0.29) is 37.5 Å². The first-order valence-electron chi connectivity index (χ1n) is 14.7. The van der Waals surface area contributed by atoms with E-state index in [4.69, 9.17) is 24.7 Å². The van der Waals surface area contributed by atoms with Gasteiger partial charge in [0.25, 0.3) is 0 Å². The van der Waals surface area contributed by atoms with E-state index >= 15 is 0 Å². The predicted octanol–water partition coefficient (Wildman–Crippen LogP) is 3.72. The molecule has 2 aromatic carbocycles. The molecule has 3 aliphatic heterocycles. The van der Waals surface area contributed by atoms with Crippen LogP contribution in [-0.4, -0.2) is 73.9 Å². The van der Waals surface area contributed by atoms with Crippen molar-refractivity contribution in [3.63, 3.8) is 0 Å². The van der Waals surface area contributed by atoms with Crippen molar-refractivity contribution in [1.29, 1.82) is 0 Å². The van der Waals surface area contributed by atoms with Crippen molar-refractivity contribution >= 4 is 17.6 Å². The number of nitrogens with zero attached hydrogens (tertiary/aromatic N) is 2. The highest BCUT2D eigenvalue weighted by Gasteiger charge is 2.47. The van der Waals surface area contributed by atoms with Crippen LogP contribution >= 0.6 is 0 Å². The lowest BCUT2D eigenvalue weighted by atomic mass is 9.83. The number of amides is 1. The summed E-state index contributed by atoms with van der Waals surface area (Å²) in [5.41, 5.74) is 8.54. The molecule has 2 aromatic rings. The van der Waals surface area contributed by atoms with Gasteiger partial charge in [0, 0.05) is 37.3 Å². The van der Waals surface area contributed by atoms with E-state index in [0.717, 1.165) is 36.1 Å². The quantitative estimate of drug-likeness (QED) is 0.373. The van der Waals surface area contributed by atoms with E-state index < -0.39 is 11.9 Å². The number of fused-ring (bicyclic) bond motifs is 1. The van der Waals surface area contributed by atoms with Crippen molar-refractivity contribution in [2.75, 3.05) is 44.5 Å². The third kappa shape index (κ3) is 6.83. The van der Waals surface area contributed by atoms with Gasteiger partial charge in [-0.1, -0.05) is 31.5 Å². The van der Waals surface area contributed by atoms with E-state index in [1.807, 2.05) is 47.4 Å². The van der Waals surface area contributed by atoms with E-state index in [1.54, 1.807) is 0 Å². The molecule has 41 heavy (non-hydrogen) atoms. The minimum absolute atomic E-state index is 0.0458. The molecule has 0 radical (unpaired) electrons. The average Bonchev–Trinajstić information content (AvgIpc) is 3.74. The lowest BCUT2D eigenvalue weighted by Gasteiger charge is -2.30. The van der Waals surface area contributed by atoms with Crippen molar-refractivity contribution < 1.29 is 33.6 Å². The standard InChI is InChI=1S/C31H41N3O7/c1-2-3-12-34(23-7-4-6-21(15-23)17-32)28(35)19-33-18-24(22-10-11-26-27(16-22)41-20-40-26)30(31(36)37)25(33)8-5-9-29-38-13-14-39-29/h4,6-7,10-11,15-16,24-25,29-30H,2-3,5,8-9,12-14,17-20,32H2,1H3,(H,36,37)/t24-,25+,30-/m1/s1. The molecule has 0 unspecified atom stereocenters. The van der Waals surface area contributed by atoms with Gasteiger partial charge in [0.05, 0.1) is 25.7 Å². The molecule has 0 saturated carbocycles. The van der Waals surface area contributed by atoms with Crippen LogP contribution in [0.1, 0.15) is 56.1 Å². The Labute approximate surface area is 241 Å². The van der Waals surface area contributed by atoms with E-state index in [0.29, 0.717) is 57.2 Å². The smallest absolute Gasteiger partial charge is 0.308 e. The first kappa shape index (κ1) is 29.3. The molecule has 2 saturated heterocycles. The molecule has 3 heterocycles. The zero-order valence-corrected chi connectivity index (χ0v) is 23.7. The molecule has 10 nitrogen and oxygen atoms in total. The molecule has 3 N–H and O–H groups in total. The second kappa shape index (κ2) is 13.7. The Hall–Kier alpha value is -3.18. The number of hydrogen-bond donors (Lipinski definition) is 2. The molecular formula is C31H41N3O7. The average molecular weight is 568 g/mol. The summed E-state index contributed by atoms with van der Waals surface area (Å²) in [7, 11) is 0.